The van der Waals surface area contributed by atoms with Gasteiger partial charge in [-0.2, -0.15) is 0 Å². The third kappa shape index (κ3) is 2.24. The van der Waals surface area contributed by atoms with Crippen molar-refractivity contribution in [1.82, 2.24) is 0 Å². The first-order valence-corrected chi connectivity index (χ1v) is 6.35. The van der Waals surface area contributed by atoms with Gasteiger partial charge in [0.2, 0.25) is 0 Å². The molecule has 1 aromatic carbocycles. The summed E-state index contributed by atoms with van der Waals surface area (Å²) in [5, 5.41) is 10.2. The van der Waals surface area contributed by atoms with Gasteiger partial charge in [-0.15, -0.1) is 0 Å². The normalized spacial score (nSPS) is 12.8. The largest absolute Gasteiger partial charge is 0.466 e. The van der Waals surface area contributed by atoms with E-state index >= 15 is 0 Å². The van der Waals surface area contributed by atoms with Crippen molar-refractivity contribution in [1.29, 1.82) is 0 Å². The van der Waals surface area contributed by atoms with Gasteiger partial charge in [-0.1, -0.05) is 31.9 Å². The zero-order valence-corrected chi connectivity index (χ0v) is 11.7. The van der Waals surface area contributed by atoms with Gasteiger partial charge in [0, 0.05) is 14.5 Å². The highest BCUT2D eigenvalue weighted by Gasteiger charge is 2.18. The van der Waals surface area contributed by atoms with Gasteiger partial charge in [0.05, 0.1) is 6.26 Å². The molecule has 1 aromatic heterocycles. The van der Waals surface area contributed by atoms with E-state index < -0.39 is 6.10 Å². The van der Waals surface area contributed by atoms with Crippen LogP contribution in [0.3, 0.4) is 0 Å². The maximum absolute atomic E-state index is 10.2. The maximum Gasteiger partial charge on any atom is 0.139 e. The first-order chi connectivity index (χ1) is 7.59. The molecule has 0 bridgehead atoms. The Balaban J connectivity index is 2.45. The van der Waals surface area contributed by atoms with E-state index in [1.165, 1.54) is 0 Å². The van der Waals surface area contributed by atoms with Crippen molar-refractivity contribution >= 4 is 31.9 Å². The van der Waals surface area contributed by atoms with E-state index in [4.69, 9.17) is 4.42 Å². The van der Waals surface area contributed by atoms with Gasteiger partial charge in [-0.3, -0.25) is 0 Å². The average molecular weight is 346 g/mol. The lowest BCUT2D eigenvalue weighted by molar-refractivity contribution is 0.187. The molecule has 16 heavy (non-hydrogen) atoms. The predicted octanol–water partition coefficient (Wildman–Crippen LogP) is 4.19. The van der Waals surface area contributed by atoms with Crippen molar-refractivity contribution in [2.24, 2.45) is 0 Å². The summed E-state index contributed by atoms with van der Waals surface area (Å²) in [6, 6.07) is 7.51. The van der Waals surface area contributed by atoms with Crippen LogP contribution in [-0.2, 0) is 0 Å². The fourth-order valence-corrected chi connectivity index (χ4v) is 2.37. The Labute approximate surface area is 111 Å². The van der Waals surface area contributed by atoms with Crippen LogP contribution in [0.5, 0.6) is 0 Å². The van der Waals surface area contributed by atoms with E-state index in [0.717, 1.165) is 20.1 Å². The second-order valence-electron chi connectivity index (χ2n) is 3.54. The van der Waals surface area contributed by atoms with Gasteiger partial charge in [-0.25, -0.2) is 0 Å². The molecular weight excluding hydrogens is 336 g/mol. The number of halogens is 2. The lowest BCUT2D eigenvalue weighted by atomic mass is 10.1. The quantitative estimate of drug-likeness (QED) is 0.885. The van der Waals surface area contributed by atoms with E-state index in [1.807, 2.05) is 31.2 Å². The predicted molar refractivity (Wildman–Crippen MR) is 69.3 cm³/mol. The molecule has 4 heteroatoms. The van der Waals surface area contributed by atoms with E-state index in [1.54, 1.807) is 6.26 Å². The van der Waals surface area contributed by atoms with Crippen LogP contribution in [-0.4, -0.2) is 5.11 Å². The Hall–Kier alpha value is -0.580. The molecule has 1 unspecified atom stereocenters. The molecule has 0 radical (unpaired) electrons. The fraction of sp³-hybridized carbons (Fsp3) is 0.167. The van der Waals surface area contributed by atoms with Crippen molar-refractivity contribution in [3.05, 3.63) is 56.4 Å². The SMILES string of the molecule is Cc1ccoc1C(O)c1cc(Br)ccc1Br. The number of aryl methyl sites for hydroxylation is 1. The van der Waals surface area contributed by atoms with Crippen LogP contribution in [0.1, 0.15) is 23.0 Å². The summed E-state index contributed by atoms with van der Waals surface area (Å²) in [4.78, 5) is 0. The zero-order chi connectivity index (χ0) is 11.7. The highest BCUT2D eigenvalue weighted by molar-refractivity contribution is 9.11. The maximum atomic E-state index is 10.2. The summed E-state index contributed by atoms with van der Waals surface area (Å²) in [5.41, 5.74) is 1.73. The van der Waals surface area contributed by atoms with E-state index in [0.29, 0.717) is 5.76 Å². The van der Waals surface area contributed by atoms with Crippen LogP contribution in [0.4, 0.5) is 0 Å². The van der Waals surface area contributed by atoms with Crippen LogP contribution in [0.2, 0.25) is 0 Å². The Kier molecular flexibility index (Phi) is 3.52. The standard InChI is InChI=1S/C12H10Br2O2/c1-7-4-5-16-12(7)11(15)9-6-8(13)2-3-10(9)14/h2-6,11,15H,1H3. The number of aliphatic hydroxyl groups is 1. The minimum absolute atomic E-state index is 0.582. The molecule has 0 saturated carbocycles. The van der Waals surface area contributed by atoms with Gasteiger partial charge < -0.3 is 9.52 Å². The number of furan rings is 1. The first kappa shape index (κ1) is 11.9. The lowest BCUT2D eigenvalue weighted by Gasteiger charge is -2.12. The molecule has 1 atom stereocenters. The fourth-order valence-electron chi connectivity index (χ4n) is 1.53. The smallest absolute Gasteiger partial charge is 0.139 e. The lowest BCUT2D eigenvalue weighted by Crippen LogP contribution is -2.00. The molecule has 2 aromatic rings. The monoisotopic (exact) mass is 344 g/mol. The molecule has 0 saturated heterocycles. The third-order valence-corrected chi connectivity index (χ3v) is 3.62. The summed E-state index contributed by atoms with van der Waals surface area (Å²) in [6.45, 7) is 1.91. The number of aliphatic hydroxyl groups excluding tert-OH is 1. The van der Waals surface area contributed by atoms with Crippen LogP contribution >= 0.6 is 31.9 Å². The molecule has 0 aliphatic carbocycles. The van der Waals surface area contributed by atoms with Crippen molar-refractivity contribution in [2.45, 2.75) is 13.0 Å². The highest BCUT2D eigenvalue weighted by Crippen LogP contribution is 2.32. The van der Waals surface area contributed by atoms with Gasteiger partial charge in [0.15, 0.2) is 0 Å². The molecule has 84 valence electrons. The van der Waals surface area contributed by atoms with E-state index in [-0.39, 0.29) is 0 Å². The number of rotatable bonds is 2. The number of hydrogen-bond acceptors (Lipinski definition) is 2. The molecule has 0 amide bonds. The van der Waals surface area contributed by atoms with Crippen molar-refractivity contribution in [3.63, 3.8) is 0 Å². The summed E-state index contributed by atoms with van der Waals surface area (Å²) in [6.07, 6.45) is 0.835. The Morgan fingerprint density at radius 1 is 1.25 bits per heavy atom. The van der Waals surface area contributed by atoms with Crippen LogP contribution in [0, 0.1) is 6.92 Å². The average Bonchev–Trinajstić information content (AvgIpc) is 2.67. The zero-order valence-electron chi connectivity index (χ0n) is 8.58. The van der Waals surface area contributed by atoms with Crippen LogP contribution < -0.4 is 0 Å². The van der Waals surface area contributed by atoms with E-state index in [2.05, 4.69) is 31.9 Å². The second-order valence-corrected chi connectivity index (χ2v) is 5.31. The minimum Gasteiger partial charge on any atom is -0.466 e. The number of hydrogen-bond donors (Lipinski definition) is 1. The minimum atomic E-state index is -0.748. The highest BCUT2D eigenvalue weighted by atomic mass is 79.9. The summed E-state index contributed by atoms with van der Waals surface area (Å²) in [7, 11) is 0. The second kappa shape index (κ2) is 4.73. The van der Waals surface area contributed by atoms with Gasteiger partial charge in [0.1, 0.15) is 11.9 Å². The Morgan fingerprint density at radius 3 is 2.62 bits per heavy atom. The van der Waals surface area contributed by atoms with Crippen molar-refractivity contribution in [2.75, 3.05) is 0 Å². The summed E-state index contributed by atoms with van der Waals surface area (Å²) < 4.78 is 7.07. The first-order valence-electron chi connectivity index (χ1n) is 4.76. The molecule has 1 N–H and O–H groups in total. The molecule has 2 nitrogen and oxygen atoms in total. The molecule has 1 heterocycles. The number of benzene rings is 1. The topological polar surface area (TPSA) is 33.4 Å². The van der Waals surface area contributed by atoms with Crippen LogP contribution in [0.15, 0.2) is 43.9 Å². The van der Waals surface area contributed by atoms with Gasteiger partial charge in [0.25, 0.3) is 0 Å². The molecule has 2 rings (SSSR count). The Morgan fingerprint density at radius 2 is 2.00 bits per heavy atom. The summed E-state index contributed by atoms with van der Waals surface area (Å²) >= 11 is 6.80. The Bertz CT molecular complexity index is 505. The van der Waals surface area contributed by atoms with Crippen molar-refractivity contribution < 1.29 is 9.52 Å². The van der Waals surface area contributed by atoms with Crippen molar-refractivity contribution in [3.8, 4) is 0 Å². The third-order valence-electron chi connectivity index (χ3n) is 2.40. The van der Waals surface area contributed by atoms with E-state index in [9.17, 15) is 5.11 Å². The summed E-state index contributed by atoms with van der Waals surface area (Å²) in [5.74, 6) is 0.582. The van der Waals surface area contributed by atoms with Gasteiger partial charge >= 0.3 is 0 Å². The van der Waals surface area contributed by atoms with Gasteiger partial charge in [-0.05, 0) is 36.8 Å². The molecule has 0 spiro atoms. The van der Waals surface area contributed by atoms with Crippen LogP contribution in [0.25, 0.3) is 0 Å². The molecule has 0 aliphatic heterocycles. The molecule has 0 fully saturated rings. The molecular formula is C12H10Br2O2. The molecule has 0 aliphatic rings.